The van der Waals surface area contributed by atoms with E-state index < -0.39 is 12.3 Å². The van der Waals surface area contributed by atoms with Gasteiger partial charge >= 0.3 is 5.97 Å². The summed E-state index contributed by atoms with van der Waals surface area (Å²) in [5, 5.41) is 10.2. The first-order valence-electron chi connectivity index (χ1n) is 11.8. The molecule has 1 saturated heterocycles. The van der Waals surface area contributed by atoms with Gasteiger partial charge in [0, 0.05) is 11.6 Å². The number of esters is 1. The smallest absolute Gasteiger partial charge is 0.333 e. The summed E-state index contributed by atoms with van der Waals surface area (Å²) in [5.41, 5.74) is 1.58. The van der Waals surface area contributed by atoms with Gasteiger partial charge in [-0.2, -0.15) is 0 Å². The maximum absolute atomic E-state index is 11.7. The summed E-state index contributed by atoms with van der Waals surface area (Å²) >= 11 is 0. The maximum Gasteiger partial charge on any atom is 0.333 e. The molecule has 29 heavy (non-hydrogen) atoms. The largest absolute Gasteiger partial charge is 0.429 e. The van der Waals surface area contributed by atoms with Crippen molar-refractivity contribution in [2.45, 2.75) is 104 Å². The van der Waals surface area contributed by atoms with Gasteiger partial charge in [0.05, 0.1) is 11.7 Å². The molecule has 0 spiro atoms. The van der Waals surface area contributed by atoms with E-state index in [9.17, 15) is 9.90 Å². The number of hydrogen-bond donors (Lipinski definition) is 1. The van der Waals surface area contributed by atoms with Crippen molar-refractivity contribution in [3.05, 3.63) is 11.6 Å². The normalized spacial score (nSPS) is 53.5. The predicted octanol–water partition coefficient (Wildman–Crippen LogP) is 4.99. The van der Waals surface area contributed by atoms with Crippen LogP contribution in [0.2, 0.25) is 0 Å². The summed E-state index contributed by atoms with van der Waals surface area (Å²) < 4.78 is 11.6. The summed E-state index contributed by atoms with van der Waals surface area (Å²) in [6, 6.07) is 0. The van der Waals surface area contributed by atoms with E-state index >= 15 is 0 Å². The van der Waals surface area contributed by atoms with Crippen LogP contribution in [0.25, 0.3) is 0 Å². The molecule has 4 fully saturated rings. The van der Waals surface area contributed by atoms with E-state index in [0.717, 1.165) is 24.7 Å². The predicted molar refractivity (Wildman–Crippen MR) is 111 cm³/mol. The van der Waals surface area contributed by atoms with Crippen molar-refractivity contribution < 1.29 is 19.4 Å². The number of rotatable bonds is 1. The molecule has 162 valence electrons. The van der Waals surface area contributed by atoms with Crippen molar-refractivity contribution >= 4 is 5.97 Å². The molecule has 0 aromatic heterocycles. The van der Waals surface area contributed by atoms with Gasteiger partial charge in [-0.05, 0) is 85.9 Å². The summed E-state index contributed by atoms with van der Waals surface area (Å²) in [5.74, 6) is 1.56. The highest BCUT2D eigenvalue weighted by Crippen LogP contribution is 2.71. The van der Waals surface area contributed by atoms with Crippen LogP contribution in [0.4, 0.5) is 0 Å². The van der Waals surface area contributed by atoms with Crippen LogP contribution in [-0.4, -0.2) is 29.1 Å². The topological polar surface area (TPSA) is 55.8 Å². The number of carbonyl (C=O) groups excluding carboxylic acids is 1. The molecule has 3 aliphatic carbocycles. The minimum Gasteiger partial charge on any atom is -0.429 e. The number of cyclic esters (lactones) is 1. The van der Waals surface area contributed by atoms with Crippen molar-refractivity contribution in [1.29, 1.82) is 0 Å². The standard InChI is InChI=1S/C25H38O4/c1-22(2)9-6-10-23(3)17(22)7-11-24(4)18(23)8-12-25(5)19(24)14-16(29-25)15-13-20(26)28-21(15)27/h13,16-19,21,27H,6-12,14H2,1-5H3/t16-,17+,18-,19+,21-,23+,24-,25+/m1/s1. The Hall–Kier alpha value is -0.870. The van der Waals surface area contributed by atoms with Crippen LogP contribution in [0.3, 0.4) is 0 Å². The number of ether oxygens (including phenoxy) is 2. The molecule has 8 atom stereocenters. The third-order valence-electron chi connectivity index (χ3n) is 10.3. The first-order chi connectivity index (χ1) is 13.5. The van der Waals surface area contributed by atoms with Crippen molar-refractivity contribution in [1.82, 2.24) is 0 Å². The molecule has 0 aromatic carbocycles. The van der Waals surface area contributed by atoms with E-state index in [-0.39, 0.29) is 17.1 Å². The molecule has 5 aliphatic rings. The quantitative estimate of drug-likeness (QED) is 0.628. The third-order valence-corrected chi connectivity index (χ3v) is 10.3. The molecular formula is C25H38O4. The Labute approximate surface area is 175 Å². The first-order valence-corrected chi connectivity index (χ1v) is 11.8. The Morgan fingerprint density at radius 1 is 0.931 bits per heavy atom. The van der Waals surface area contributed by atoms with Gasteiger partial charge in [0.25, 0.3) is 0 Å². The summed E-state index contributed by atoms with van der Waals surface area (Å²) in [7, 11) is 0. The van der Waals surface area contributed by atoms with Crippen LogP contribution in [0.5, 0.6) is 0 Å². The molecule has 2 heterocycles. The fraction of sp³-hybridized carbons (Fsp3) is 0.880. The fourth-order valence-corrected chi connectivity index (χ4v) is 9.19. The number of carbonyl (C=O) groups is 1. The van der Waals surface area contributed by atoms with Crippen molar-refractivity contribution in [2.75, 3.05) is 0 Å². The molecule has 4 nitrogen and oxygen atoms in total. The van der Waals surface area contributed by atoms with Crippen LogP contribution in [0.15, 0.2) is 11.6 Å². The Bertz CT molecular complexity index is 756. The highest BCUT2D eigenvalue weighted by Gasteiger charge is 2.66. The van der Waals surface area contributed by atoms with Gasteiger partial charge in [0.1, 0.15) is 0 Å². The number of aliphatic hydroxyl groups excluding tert-OH is 1. The van der Waals surface area contributed by atoms with Gasteiger partial charge in [0.15, 0.2) is 0 Å². The zero-order valence-corrected chi connectivity index (χ0v) is 18.8. The highest BCUT2D eigenvalue weighted by atomic mass is 16.6. The Kier molecular flexibility index (Phi) is 4.22. The van der Waals surface area contributed by atoms with Crippen LogP contribution in [0.1, 0.15) is 86.0 Å². The highest BCUT2D eigenvalue weighted by molar-refractivity contribution is 5.85. The van der Waals surface area contributed by atoms with Gasteiger partial charge in [-0.25, -0.2) is 4.79 Å². The van der Waals surface area contributed by atoms with Crippen LogP contribution in [0, 0.1) is 34.0 Å². The second kappa shape index (κ2) is 6.09. The van der Waals surface area contributed by atoms with E-state index in [1.54, 1.807) is 0 Å². The maximum atomic E-state index is 11.7. The lowest BCUT2D eigenvalue weighted by Crippen LogP contribution is -2.61. The SMILES string of the molecule is CC1(C)CCC[C@]2(C)[C@H]3CC[C@]4(C)O[C@@H](C5=CC(=O)O[C@H]5O)C[C@H]4[C@]3(C)CC[C@@H]12. The number of hydrogen-bond acceptors (Lipinski definition) is 4. The van der Waals surface area contributed by atoms with E-state index in [1.807, 2.05) is 0 Å². The van der Waals surface area contributed by atoms with E-state index in [1.165, 1.54) is 44.6 Å². The average molecular weight is 403 g/mol. The molecule has 0 aromatic rings. The fourth-order valence-electron chi connectivity index (χ4n) is 9.19. The monoisotopic (exact) mass is 402 g/mol. The van der Waals surface area contributed by atoms with Gasteiger partial charge < -0.3 is 14.6 Å². The number of fused-ring (bicyclic) bond motifs is 5. The van der Waals surface area contributed by atoms with Gasteiger partial charge in [-0.3, -0.25) is 0 Å². The zero-order valence-electron chi connectivity index (χ0n) is 18.8. The Morgan fingerprint density at radius 3 is 2.31 bits per heavy atom. The molecule has 0 radical (unpaired) electrons. The third kappa shape index (κ3) is 2.67. The lowest BCUT2D eigenvalue weighted by Gasteiger charge is -2.67. The summed E-state index contributed by atoms with van der Waals surface area (Å²) in [4.78, 5) is 11.7. The van der Waals surface area contributed by atoms with E-state index in [4.69, 9.17) is 9.47 Å². The molecule has 0 unspecified atom stereocenters. The number of aliphatic hydroxyl groups is 1. The minimum atomic E-state index is -1.13. The van der Waals surface area contributed by atoms with Crippen molar-refractivity contribution in [2.24, 2.45) is 34.0 Å². The molecule has 0 amide bonds. The molecule has 0 bridgehead atoms. The molecule has 3 saturated carbocycles. The summed E-state index contributed by atoms with van der Waals surface area (Å²) in [6.07, 6.45) is 10.0. The van der Waals surface area contributed by atoms with Crippen molar-refractivity contribution in [3.63, 3.8) is 0 Å². The minimum absolute atomic E-state index is 0.171. The van der Waals surface area contributed by atoms with Gasteiger partial charge in [-0.15, -0.1) is 0 Å². The zero-order chi connectivity index (χ0) is 20.8. The molecule has 2 aliphatic heterocycles. The molecule has 1 N–H and O–H groups in total. The van der Waals surface area contributed by atoms with Gasteiger partial charge in [-0.1, -0.05) is 34.1 Å². The van der Waals surface area contributed by atoms with Crippen LogP contribution >= 0.6 is 0 Å². The molecule has 4 heteroatoms. The average Bonchev–Trinajstić information content (AvgIpc) is 3.13. The Balaban J connectivity index is 1.48. The molecular weight excluding hydrogens is 364 g/mol. The second-order valence-corrected chi connectivity index (χ2v) is 12.2. The van der Waals surface area contributed by atoms with Crippen LogP contribution < -0.4 is 0 Å². The second-order valence-electron chi connectivity index (χ2n) is 12.2. The van der Waals surface area contributed by atoms with E-state index in [2.05, 4.69) is 34.6 Å². The van der Waals surface area contributed by atoms with Gasteiger partial charge in [0.2, 0.25) is 6.29 Å². The molecule has 5 rings (SSSR count). The van der Waals surface area contributed by atoms with Crippen molar-refractivity contribution in [3.8, 4) is 0 Å². The van der Waals surface area contributed by atoms with Crippen LogP contribution in [-0.2, 0) is 14.3 Å². The Morgan fingerprint density at radius 2 is 1.62 bits per heavy atom. The lowest BCUT2D eigenvalue weighted by molar-refractivity contribution is -0.199. The summed E-state index contributed by atoms with van der Waals surface area (Å²) in [6.45, 7) is 12.4. The lowest BCUT2D eigenvalue weighted by atomic mass is 9.38. The van der Waals surface area contributed by atoms with E-state index in [0.29, 0.717) is 22.3 Å². The first kappa shape index (κ1) is 20.1.